The summed E-state index contributed by atoms with van der Waals surface area (Å²) in [6.07, 6.45) is 4.74. The number of carbonyl (C=O) groups excluding carboxylic acids is 2. The third-order valence-corrected chi connectivity index (χ3v) is 7.07. The van der Waals surface area contributed by atoms with Gasteiger partial charge in [-0.15, -0.1) is 0 Å². The number of rotatable bonds is 9. The first kappa shape index (κ1) is 22.9. The van der Waals surface area contributed by atoms with Crippen molar-refractivity contribution in [3.63, 3.8) is 0 Å². The van der Waals surface area contributed by atoms with Crippen molar-refractivity contribution in [3.05, 3.63) is 48.8 Å². The maximum atomic E-state index is 12.9. The highest BCUT2D eigenvalue weighted by Gasteiger charge is 2.35. The van der Waals surface area contributed by atoms with E-state index in [2.05, 4.69) is 10.3 Å². The molecule has 0 saturated carbocycles. The lowest BCUT2D eigenvalue weighted by Gasteiger charge is -2.22. The molecule has 1 saturated heterocycles. The number of pyridine rings is 1. The molecule has 0 spiro atoms. The number of hydrogen-bond donors (Lipinski definition) is 1. The van der Waals surface area contributed by atoms with Crippen molar-refractivity contribution >= 4 is 33.2 Å². The summed E-state index contributed by atoms with van der Waals surface area (Å²) in [6, 6.07) is 9.77. The number of nitrogens with zero attached hydrogens (tertiary/aromatic N) is 3. The maximum absolute atomic E-state index is 12.9. The molecule has 9 heteroatoms. The van der Waals surface area contributed by atoms with E-state index >= 15 is 0 Å². The molecule has 166 valence electrons. The zero-order valence-electron chi connectivity index (χ0n) is 17.8. The van der Waals surface area contributed by atoms with Crippen molar-refractivity contribution in [2.24, 2.45) is 5.92 Å². The quantitative estimate of drug-likeness (QED) is 0.641. The molecule has 2 amide bonds. The number of carbonyl (C=O) groups is 2. The van der Waals surface area contributed by atoms with Crippen LogP contribution in [0, 0.1) is 5.92 Å². The van der Waals surface area contributed by atoms with Crippen LogP contribution in [0.25, 0.3) is 0 Å². The summed E-state index contributed by atoms with van der Waals surface area (Å²) in [4.78, 5) is 30.7. The largest absolute Gasteiger partial charge is 0.324 e. The smallest absolute Gasteiger partial charge is 0.243 e. The average Bonchev–Trinajstić information content (AvgIpc) is 3.16. The first-order valence-electron chi connectivity index (χ1n) is 10.5. The van der Waals surface area contributed by atoms with Crippen LogP contribution in [0.5, 0.6) is 0 Å². The van der Waals surface area contributed by atoms with Crippen LogP contribution in [0.2, 0.25) is 0 Å². The molecule has 8 nitrogen and oxygen atoms in total. The van der Waals surface area contributed by atoms with E-state index in [0.29, 0.717) is 24.5 Å². The molecule has 2 heterocycles. The average molecular weight is 445 g/mol. The molecule has 0 aliphatic carbocycles. The van der Waals surface area contributed by atoms with E-state index in [4.69, 9.17) is 0 Å². The van der Waals surface area contributed by atoms with Gasteiger partial charge in [0.1, 0.15) is 0 Å². The lowest BCUT2D eigenvalue weighted by molar-refractivity contribution is -0.122. The van der Waals surface area contributed by atoms with Gasteiger partial charge in [-0.3, -0.25) is 14.6 Å². The molecule has 1 unspecified atom stereocenters. The molecule has 1 aliphatic rings. The monoisotopic (exact) mass is 444 g/mol. The first-order valence-corrected chi connectivity index (χ1v) is 11.9. The van der Waals surface area contributed by atoms with Crippen LogP contribution in [0.1, 0.15) is 33.1 Å². The molecule has 1 aliphatic heterocycles. The van der Waals surface area contributed by atoms with E-state index in [1.165, 1.54) is 21.3 Å². The normalized spacial score (nSPS) is 16.7. The zero-order chi connectivity index (χ0) is 22.4. The predicted molar refractivity (Wildman–Crippen MR) is 119 cm³/mol. The molecule has 1 fully saturated rings. The summed E-state index contributed by atoms with van der Waals surface area (Å²) in [5, 5.41) is 2.78. The fourth-order valence-corrected chi connectivity index (χ4v) is 5.24. The van der Waals surface area contributed by atoms with Crippen LogP contribution >= 0.6 is 0 Å². The Kier molecular flexibility index (Phi) is 7.40. The van der Waals surface area contributed by atoms with E-state index in [-0.39, 0.29) is 29.7 Å². The van der Waals surface area contributed by atoms with Gasteiger partial charge in [-0.1, -0.05) is 13.8 Å². The van der Waals surface area contributed by atoms with Crippen molar-refractivity contribution in [2.75, 3.05) is 29.9 Å². The van der Waals surface area contributed by atoms with Gasteiger partial charge in [-0.05, 0) is 49.2 Å². The van der Waals surface area contributed by atoms with Gasteiger partial charge in [0, 0.05) is 37.9 Å². The van der Waals surface area contributed by atoms with E-state index in [0.717, 1.165) is 12.8 Å². The maximum Gasteiger partial charge on any atom is 0.243 e. The second-order valence-electron chi connectivity index (χ2n) is 7.53. The number of hydrogen-bond acceptors (Lipinski definition) is 5. The Morgan fingerprint density at radius 1 is 1.16 bits per heavy atom. The molecule has 0 radical (unpaired) electrons. The lowest BCUT2D eigenvalue weighted by Crippen LogP contribution is -2.32. The highest BCUT2D eigenvalue weighted by molar-refractivity contribution is 7.89. The molecule has 1 aromatic heterocycles. The topological polar surface area (TPSA) is 99.7 Å². The molecular weight excluding hydrogens is 416 g/mol. The van der Waals surface area contributed by atoms with Gasteiger partial charge in [-0.25, -0.2) is 8.42 Å². The second-order valence-corrected chi connectivity index (χ2v) is 9.47. The van der Waals surface area contributed by atoms with E-state index in [1.54, 1.807) is 36.7 Å². The number of anilines is 2. The Bertz CT molecular complexity index is 1000. The number of aromatic nitrogens is 1. The summed E-state index contributed by atoms with van der Waals surface area (Å²) in [7, 11) is -3.58. The number of sulfonamides is 1. The Hall–Kier alpha value is -2.78. The number of nitrogens with one attached hydrogen (secondary N) is 1. The summed E-state index contributed by atoms with van der Waals surface area (Å²) in [6.45, 7) is 5.07. The zero-order valence-corrected chi connectivity index (χ0v) is 18.6. The van der Waals surface area contributed by atoms with Gasteiger partial charge < -0.3 is 10.2 Å². The minimum atomic E-state index is -3.58. The molecule has 1 N–H and O–H groups in total. The van der Waals surface area contributed by atoms with Crippen LogP contribution in [0.4, 0.5) is 11.4 Å². The number of amides is 2. The molecule has 0 bridgehead atoms. The first-order chi connectivity index (χ1) is 14.9. The van der Waals surface area contributed by atoms with Gasteiger partial charge in [0.2, 0.25) is 21.8 Å². The van der Waals surface area contributed by atoms with Gasteiger partial charge in [0.15, 0.2) is 0 Å². The van der Waals surface area contributed by atoms with Gasteiger partial charge >= 0.3 is 0 Å². The molecule has 1 atom stereocenters. The third kappa shape index (κ3) is 5.29. The van der Waals surface area contributed by atoms with Crippen LogP contribution < -0.4 is 10.2 Å². The Labute approximate surface area is 183 Å². The summed E-state index contributed by atoms with van der Waals surface area (Å²) in [5.41, 5.74) is 1.16. The van der Waals surface area contributed by atoms with Gasteiger partial charge in [0.25, 0.3) is 0 Å². The molecule has 2 aromatic rings. The predicted octanol–water partition coefficient (Wildman–Crippen LogP) is 2.88. The van der Waals surface area contributed by atoms with Crippen LogP contribution in [0.15, 0.2) is 53.7 Å². The standard InChI is InChI=1S/C22H28N4O4S/c1-3-12-25(13-4-2)31(29,30)20-9-7-19(8-10-20)26-16-17(14-21(26)27)22(28)24-18-6-5-11-23-15-18/h5-11,15,17H,3-4,12-14,16H2,1-2H3,(H,24,28). The van der Waals surface area contributed by atoms with Gasteiger partial charge in [-0.2, -0.15) is 4.31 Å². The fourth-order valence-electron chi connectivity index (χ4n) is 3.61. The highest BCUT2D eigenvalue weighted by Crippen LogP contribution is 2.28. The SMILES string of the molecule is CCCN(CCC)S(=O)(=O)c1ccc(N2CC(C(=O)Nc3cccnc3)CC2=O)cc1. The van der Waals surface area contributed by atoms with E-state index < -0.39 is 15.9 Å². The Balaban J connectivity index is 1.71. The van der Waals surface area contributed by atoms with E-state index in [9.17, 15) is 18.0 Å². The van der Waals surface area contributed by atoms with Crippen molar-refractivity contribution in [3.8, 4) is 0 Å². The highest BCUT2D eigenvalue weighted by atomic mass is 32.2. The van der Waals surface area contributed by atoms with Crippen molar-refractivity contribution in [2.45, 2.75) is 38.0 Å². The summed E-state index contributed by atoms with van der Waals surface area (Å²) >= 11 is 0. The summed E-state index contributed by atoms with van der Waals surface area (Å²) < 4.78 is 27.3. The fraction of sp³-hybridized carbons (Fsp3) is 0.409. The van der Waals surface area contributed by atoms with Crippen LogP contribution in [-0.2, 0) is 19.6 Å². The molecular formula is C22H28N4O4S. The van der Waals surface area contributed by atoms with Crippen molar-refractivity contribution < 1.29 is 18.0 Å². The third-order valence-electron chi connectivity index (χ3n) is 5.16. The van der Waals surface area contributed by atoms with E-state index in [1.807, 2.05) is 13.8 Å². The minimum absolute atomic E-state index is 0.104. The van der Waals surface area contributed by atoms with Crippen molar-refractivity contribution in [1.29, 1.82) is 0 Å². The van der Waals surface area contributed by atoms with Crippen LogP contribution in [-0.4, -0.2) is 49.2 Å². The van der Waals surface area contributed by atoms with Crippen LogP contribution in [0.3, 0.4) is 0 Å². The molecule has 3 rings (SSSR count). The second kappa shape index (κ2) is 10.0. The Morgan fingerprint density at radius 2 is 1.84 bits per heavy atom. The minimum Gasteiger partial charge on any atom is -0.324 e. The molecule has 31 heavy (non-hydrogen) atoms. The van der Waals surface area contributed by atoms with Crippen molar-refractivity contribution in [1.82, 2.24) is 9.29 Å². The Morgan fingerprint density at radius 3 is 2.42 bits per heavy atom. The number of benzene rings is 1. The lowest BCUT2D eigenvalue weighted by atomic mass is 10.1. The summed E-state index contributed by atoms with van der Waals surface area (Å²) in [5.74, 6) is -0.890. The molecule has 1 aromatic carbocycles. The van der Waals surface area contributed by atoms with Gasteiger partial charge in [0.05, 0.1) is 22.7 Å².